The van der Waals surface area contributed by atoms with Crippen LogP contribution in [0.25, 0.3) is 0 Å². The van der Waals surface area contributed by atoms with Gasteiger partial charge < -0.3 is 24.4 Å². The van der Waals surface area contributed by atoms with Crippen LogP contribution in [0, 0.1) is 0 Å². The van der Waals surface area contributed by atoms with Crippen molar-refractivity contribution in [1.82, 2.24) is 4.90 Å². The molecular weight excluding hydrogens is 372 g/mol. The Labute approximate surface area is 169 Å². The molecule has 0 radical (unpaired) electrons. The third kappa shape index (κ3) is 4.80. The third-order valence-electron chi connectivity index (χ3n) is 4.90. The van der Waals surface area contributed by atoms with Crippen LogP contribution >= 0.6 is 0 Å². The summed E-state index contributed by atoms with van der Waals surface area (Å²) in [4.78, 5) is 26.2. The molecule has 2 aromatic rings. The van der Waals surface area contributed by atoms with Crippen molar-refractivity contribution in [1.29, 1.82) is 0 Å². The molecular formula is C22H24N2O5. The SMILES string of the molecule is CCC(=O)Nc1cccc(OCC(=O)N(Cc2ccc3c(c2)OCO3)C2CC2)c1. The van der Waals surface area contributed by atoms with Crippen LogP contribution in [0.15, 0.2) is 42.5 Å². The molecule has 0 spiro atoms. The van der Waals surface area contributed by atoms with Crippen molar-refractivity contribution in [3.8, 4) is 17.2 Å². The summed E-state index contributed by atoms with van der Waals surface area (Å²) in [5.74, 6) is 1.87. The number of nitrogens with one attached hydrogen (secondary N) is 1. The average Bonchev–Trinajstić information content (AvgIpc) is 3.47. The zero-order chi connectivity index (χ0) is 20.2. The molecule has 2 amide bonds. The van der Waals surface area contributed by atoms with Crippen molar-refractivity contribution >= 4 is 17.5 Å². The first-order valence-corrected chi connectivity index (χ1v) is 9.83. The van der Waals surface area contributed by atoms with E-state index >= 15 is 0 Å². The van der Waals surface area contributed by atoms with E-state index in [0.29, 0.717) is 30.2 Å². The number of ether oxygens (including phenoxy) is 3. The molecule has 0 bridgehead atoms. The summed E-state index contributed by atoms with van der Waals surface area (Å²) in [6, 6.07) is 13.1. The van der Waals surface area contributed by atoms with E-state index in [4.69, 9.17) is 14.2 Å². The lowest BCUT2D eigenvalue weighted by molar-refractivity contribution is -0.134. The standard InChI is InChI=1S/C22H24N2O5/c1-2-21(25)23-16-4-3-5-18(11-16)27-13-22(26)24(17-7-8-17)12-15-6-9-19-20(10-15)29-14-28-19/h3-6,9-11,17H,2,7-8,12-14H2,1H3,(H,23,25). The van der Waals surface area contributed by atoms with Gasteiger partial charge in [0.1, 0.15) is 5.75 Å². The highest BCUT2D eigenvalue weighted by Crippen LogP contribution is 2.34. The summed E-state index contributed by atoms with van der Waals surface area (Å²) in [6.07, 6.45) is 2.42. The Balaban J connectivity index is 1.37. The first kappa shape index (κ1) is 19.1. The first-order valence-electron chi connectivity index (χ1n) is 9.83. The molecule has 7 nitrogen and oxygen atoms in total. The van der Waals surface area contributed by atoms with E-state index in [0.717, 1.165) is 24.2 Å². The Hall–Kier alpha value is -3.22. The maximum atomic E-state index is 12.8. The van der Waals surface area contributed by atoms with Gasteiger partial charge >= 0.3 is 0 Å². The number of benzene rings is 2. The molecule has 1 heterocycles. The second-order valence-corrected chi connectivity index (χ2v) is 7.16. The van der Waals surface area contributed by atoms with E-state index in [1.165, 1.54) is 0 Å². The second kappa shape index (κ2) is 8.43. The summed E-state index contributed by atoms with van der Waals surface area (Å²) in [7, 11) is 0. The fourth-order valence-corrected chi connectivity index (χ4v) is 3.18. The predicted octanol–water partition coefficient (Wildman–Crippen LogP) is 3.33. The molecule has 0 unspecified atom stereocenters. The minimum Gasteiger partial charge on any atom is -0.484 e. The highest BCUT2D eigenvalue weighted by Gasteiger charge is 2.33. The van der Waals surface area contributed by atoms with Gasteiger partial charge in [-0.1, -0.05) is 19.1 Å². The van der Waals surface area contributed by atoms with E-state index in [2.05, 4.69) is 5.32 Å². The zero-order valence-electron chi connectivity index (χ0n) is 16.3. The monoisotopic (exact) mass is 396 g/mol. The molecule has 1 aliphatic heterocycles. The maximum absolute atomic E-state index is 12.8. The van der Waals surface area contributed by atoms with Gasteiger partial charge in [0.15, 0.2) is 18.1 Å². The Morgan fingerprint density at radius 1 is 1.14 bits per heavy atom. The average molecular weight is 396 g/mol. The summed E-state index contributed by atoms with van der Waals surface area (Å²) in [5, 5.41) is 2.79. The molecule has 0 aromatic heterocycles. The van der Waals surface area contributed by atoms with Gasteiger partial charge in [-0.25, -0.2) is 0 Å². The molecule has 1 fully saturated rings. The van der Waals surface area contributed by atoms with Gasteiger partial charge in [0, 0.05) is 30.8 Å². The van der Waals surface area contributed by atoms with E-state index in [1.54, 1.807) is 31.2 Å². The largest absolute Gasteiger partial charge is 0.484 e. The number of hydrogen-bond acceptors (Lipinski definition) is 5. The lowest BCUT2D eigenvalue weighted by Crippen LogP contribution is -2.36. The van der Waals surface area contributed by atoms with Crippen molar-refractivity contribution in [2.45, 2.75) is 38.8 Å². The Morgan fingerprint density at radius 3 is 2.76 bits per heavy atom. The number of anilines is 1. The molecule has 0 atom stereocenters. The fourth-order valence-electron chi connectivity index (χ4n) is 3.18. The Bertz CT molecular complexity index is 910. The summed E-state index contributed by atoms with van der Waals surface area (Å²) >= 11 is 0. The highest BCUT2D eigenvalue weighted by atomic mass is 16.7. The molecule has 0 saturated heterocycles. The van der Waals surface area contributed by atoms with Crippen molar-refractivity contribution in [2.24, 2.45) is 0 Å². The van der Waals surface area contributed by atoms with Gasteiger partial charge in [-0.15, -0.1) is 0 Å². The molecule has 152 valence electrons. The summed E-state index contributed by atoms with van der Waals surface area (Å²) in [5.41, 5.74) is 1.65. The second-order valence-electron chi connectivity index (χ2n) is 7.16. The minimum atomic E-state index is -0.0677. The van der Waals surface area contributed by atoms with Crippen LogP contribution in [0.4, 0.5) is 5.69 Å². The number of carbonyl (C=O) groups is 2. The number of carbonyl (C=O) groups excluding carboxylic acids is 2. The number of rotatable bonds is 8. The maximum Gasteiger partial charge on any atom is 0.261 e. The van der Waals surface area contributed by atoms with Crippen LogP contribution < -0.4 is 19.5 Å². The van der Waals surface area contributed by atoms with E-state index in [-0.39, 0.29) is 31.3 Å². The lowest BCUT2D eigenvalue weighted by Gasteiger charge is -2.23. The van der Waals surface area contributed by atoms with Crippen molar-refractivity contribution in [2.75, 3.05) is 18.7 Å². The van der Waals surface area contributed by atoms with Crippen LogP contribution in [0.2, 0.25) is 0 Å². The Kier molecular flexibility index (Phi) is 5.55. The number of amides is 2. The summed E-state index contributed by atoms with van der Waals surface area (Å²) < 4.78 is 16.5. The van der Waals surface area contributed by atoms with Gasteiger partial charge in [-0.2, -0.15) is 0 Å². The predicted molar refractivity (Wildman–Crippen MR) is 107 cm³/mol. The van der Waals surface area contributed by atoms with Crippen LogP contribution in [0.3, 0.4) is 0 Å². The lowest BCUT2D eigenvalue weighted by atomic mass is 10.2. The molecule has 2 aromatic carbocycles. The van der Waals surface area contributed by atoms with E-state index in [1.807, 2.05) is 23.1 Å². The first-order chi connectivity index (χ1) is 14.1. The van der Waals surface area contributed by atoms with Crippen LogP contribution in [-0.4, -0.2) is 36.2 Å². The van der Waals surface area contributed by atoms with Crippen LogP contribution in [0.5, 0.6) is 17.2 Å². The Morgan fingerprint density at radius 2 is 1.97 bits per heavy atom. The normalized spacial score (nSPS) is 14.4. The topological polar surface area (TPSA) is 77.1 Å². The van der Waals surface area contributed by atoms with Crippen LogP contribution in [-0.2, 0) is 16.1 Å². The van der Waals surface area contributed by atoms with Gasteiger partial charge in [-0.3, -0.25) is 9.59 Å². The fraction of sp³-hybridized carbons (Fsp3) is 0.364. The zero-order valence-corrected chi connectivity index (χ0v) is 16.3. The van der Waals surface area contributed by atoms with Gasteiger partial charge in [-0.05, 0) is 42.7 Å². The van der Waals surface area contributed by atoms with Crippen molar-refractivity contribution in [3.63, 3.8) is 0 Å². The number of nitrogens with zero attached hydrogens (tertiary/aromatic N) is 1. The van der Waals surface area contributed by atoms with Crippen molar-refractivity contribution in [3.05, 3.63) is 48.0 Å². The third-order valence-corrected chi connectivity index (χ3v) is 4.90. The molecule has 7 heteroatoms. The van der Waals surface area contributed by atoms with Crippen molar-refractivity contribution < 1.29 is 23.8 Å². The van der Waals surface area contributed by atoms with Gasteiger partial charge in [0.25, 0.3) is 5.91 Å². The molecule has 1 aliphatic carbocycles. The molecule has 29 heavy (non-hydrogen) atoms. The van der Waals surface area contributed by atoms with Crippen LogP contribution in [0.1, 0.15) is 31.7 Å². The van der Waals surface area contributed by atoms with Gasteiger partial charge in [0.05, 0.1) is 0 Å². The molecule has 4 rings (SSSR count). The molecule has 1 N–H and O–H groups in total. The number of hydrogen-bond donors (Lipinski definition) is 1. The minimum absolute atomic E-state index is 0.0494. The quantitative estimate of drug-likeness (QED) is 0.741. The molecule has 2 aliphatic rings. The highest BCUT2D eigenvalue weighted by molar-refractivity contribution is 5.90. The number of fused-ring (bicyclic) bond motifs is 1. The van der Waals surface area contributed by atoms with E-state index < -0.39 is 0 Å². The van der Waals surface area contributed by atoms with Gasteiger partial charge in [0.2, 0.25) is 12.7 Å². The van der Waals surface area contributed by atoms with E-state index in [9.17, 15) is 9.59 Å². The molecule has 1 saturated carbocycles. The summed E-state index contributed by atoms with van der Waals surface area (Å²) in [6.45, 7) is 2.49. The smallest absolute Gasteiger partial charge is 0.261 e.